The first-order chi connectivity index (χ1) is 16.3. The van der Waals surface area contributed by atoms with E-state index in [4.69, 9.17) is 14.3 Å². The molecule has 2 heterocycles. The highest BCUT2D eigenvalue weighted by molar-refractivity contribution is 5.79. The van der Waals surface area contributed by atoms with Gasteiger partial charge in [-0.2, -0.15) is 0 Å². The Kier molecular flexibility index (Phi) is 6.06. The monoisotopic (exact) mass is 440 g/mol. The number of oxime groups is 1. The molecule has 3 aromatic rings. The molecule has 0 spiro atoms. The number of amides is 1. The molecule has 0 fully saturated rings. The largest absolute Gasteiger partial charge is 0.467 e. The smallest absolute Gasteiger partial charge is 0.414 e. The summed E-state index contributed by atoms with van der Waals surface area (Å²) in [6, 6.07) is 28.9. The molecule has 0 bridgehead atoms. The third kappa shape index (κ3) is 4.75. The molecule has 0 N–H and O–H groups in total. The molecule has 1 unspecified atom stereocenters. The zero-order valence-corrected chi connectivity index (χ0v) is 18.0. The van der Waals surface area contributed by atoms with Crippen LogP contribution in [-0.4, -0.2) is 29.1 Å². The molecule has 0 aromatic heterocycles. The van der Waals surface area contributed by atoms with Crippen LogP contribution in [0.1, 0.15) is 22.7 Å². The molecule has 2 aliphatic heterocycles. The number of hydrogen-bond acceptors (Lipinski definition) is 5. The zero-order valence-electron chi connectivity index (χ0n) is 18.0. The Hall–Kier alpha value is -4.06. The number of benzene rings is 3. The summed E-state index contributed by atoms with van der Waals surface area (Å²) in [5.41, 5.74) is 2.93. The number of nitrogens with zero attached hydrogens (tertiary/aromatic N) is 2. The molecule has 6 nitrogen and oxygen atoms in total. The Morgan fingerprint density at radius 1 is 0.879 bits per heavy atom. The van der Waals surface area contributed by atoms with Crippen LogP contribution >= 0.6 is 0 Å². The Morgan fingerprint density at radius 2 is 1.52 bits per heavy atom. The molecule has 3 atom stereocenters. The summed E-state index contributed by atoms with van der Waals surface area (Å²) in [4.78, 5) is 20.6. The van der Waals surface area contributed by atoms with Crippen LogP contribution in [0.3, 0.4) is 0 Å². The van der Waals surface area contributed by atoms with Gasteiger partial charge in [0.2, 0.25) is 5.90 Å². The van der Waals surface area contributed by atoms with E-state index in [0.717, 1.165) is 16.7 Å². The van der Waals surface area contributed by atoms with Gasteiger partial charge in [-0.05, 0) is 22.8 Å². The van der Waals surface area contributed by atoms with E-state index in [1.54, 1.807) is 11.1 Å². The van der Waals surface area contributed by atoms with Crippen molar-refractivity contribution in [3.05, 3.63) is 120 Å². The highest BCUT2D eigenvalue weighted by Crippen LogP contribution is 2.36. The van der Waals surface area contributed by atoms with E-state index in [1.807, 2.05) is 97.1 Å². The number of hydrogen-bond donors (Lipinski definition) is 0. The van der Waals surface area contributed by atoms with Crippen LogP contribution in [0.25, 0.3) is 0 Å². The highest BCUT2D eigenvalue weighted by Gasteiger charge is 2.44. The van der Waals surface area contributed by atoms with E-state index < -0.39 is 18.2 Å². The van der Waals surface area contributed by atoms with Crippen LogP contribution in [0.5, 0.6) is 0 Å². The molecule has 3 aromatic carbocycles. The van der Waals surface area contributed by atoms with Gasteiger partial charge in [0.05, 0.1) is 6.42 Å². The summed E-state index contributed by atoms with van der Waals surface area (Å²) < 4.78 is 11.8. The van der Waals surface area contributed by atoms with Crippen LogP contribution in [-0.2, 0) is 27.3 Å². The Balaban J connectivity index is 1.36. The van der Waals surface area contributed by atoms with Crippen LogP contribution < -0.4 is 0 Å². The second-order valence-corrected chi connectivity index (χ2v) is 7.94. The molecule has 0 aliphatic carbocycles. The second-order valence-electron chi connectivity index (χ2n) is 7.94. The average molecular weight is 440 g/mol. The van der Waals surface area contributed by atoms with Crippen molar-refractivity contribution in [3.8, 4) is 0 Å². The minimum atomic E-state index is -0.499. The van der Waals surface area contributed by atoms with Crippen LogP contribution in [0.4, 0.5) is 4.79 Å². The lowest BCUT2D eigenvalue weighted by Gasteiger charge is -2.41. The van der Waals surface area contributed by atoms with Crippen LogP contribution in [0.2, 0.25) is 0 Å². The van der Waals surface area contributed by atoms with Gasteiger partial charge in [-0.15, -0.1) is 0 Å². The summed E-state index contributed by atoms with van der Waals surface area (Å²) in [5.74, 6) is 0.513. The maximum absolute atomic E-state index is 13.1. The molecule has 166 valence electrons. The zero-order chi connectivity index (χ0) is 22.5. The Labute approximate surface area is 192 Å². The molecule has 0 saturated carbocycles. The van der Waals surface area contributed by atoms with Gasteiger partial charge in [0.25, 0.3) is 0 Å². The van der Waals surface area contributed by atoms with E-state index >= 15 is 0 Å². The molecule has 0 saturated heterocycles. The summed E-state index contributed by atoms with van der Waals surface area (Å²) in [7, 11) is 0. The Bertz CT molecular complexity index is 1130. The van der Waals surface area contributed by atoms with Crippen molar-refractivity contribution in [2.45, 2.75) is 31.3 Å². The predicted molar refractivity (Wildman–Crippen MR) is 124 cm³/mol. The molecule has 0 radical (unpaired) electrons. The van der Waals surface area contributed by atoms with E-state index in [0.29, 0.717) is 12.3 Å². The lowest BCUT2D eigenvalue weighted by atomic mass is 9.93. The average Bonchev–Trinajstić information content (AvgIpc) is 2.88. The quantitative estimate of drug-likeness (QED) is 0.545. The fraction of sp³-hybridized carbons (Fsp3) is 0.185. The topological polar surface area (TPSA) is 60.4 Å². The first kappa shape index (κ1) is 20.8. The minimum Gasteiger partial charge on any atom is -0.467 e. The van der Waals surface area contributed by atoms with Gasteiger partial charge in [0.15, 0.2) is 12.2 Å². The first-order valence-electron chi connectivity index (χ1n) is 10.9. The Morgan fingerprint density at radius 3 is 2.21 bits per heavy atom. The fourth-order valence-corrected chi connectivity index (χ4v) is 4.05. The van der Waals surface area contributed by atoms with Crippen LogP contribution in [0, 0.1) is 0 Å². The summed E-state index contributed by atoms with van der Waals surface area (Å²) in [6.45, 7) is 0.191. The van der Waals surface area contributed by atoms with Gasteiger partial charge >= 0.3 is 6.09 Å². The van der Waals surface area contributed by atoms with Gasteiger partial charge in [-0.1, -0.05) is 96.2 Å². The predicted octanol–water partition coefficient (Wildman–Crippen LogP) is 5.23. The van der Waals surface area contributed by atoms with Gasteiger partial charge in [0, 0.05) is 6.20 Å². The first-order valence-corrected chi connectivity index (χ1v) is 10.9. The van der Waals surface area contributed by atoms with E-state index in [9.17, 15) is 4.79 Å². The maximum atomic E-state index is 13.1. The lowest BCUT2D eigenvalue weighted by molar-refractivity contribution is -0.0865. The van der Waals surface area contributed by atoms with E-state index in [2.05, 4.69) is 5.16 Å². The molecule has 5 rings (SSSR count). The van der Waals surface area contributed by atoms with Crippen molar-refractivity contribution < 1.29 is 19.1 Å². The van der Waals surface area contributed by atoms with Crippen molar-refractivity contribution >= 4 is 12.0 Å². The summed E-state index contributed by atoms with van der Waals surface area (Å²) in [5, 5.41) is 4.25. The third-order valence-corrected chi connectivity index (χ3v) is 5.67. The molecule has 2 aliphatic rings. The number of fused-ring (bicyclic) bond motifs is 1. The van der Waals surface area contributed by atoms with Crippen molar-refractivity contribution in [2.75, 3.05) is 0 Å². The molecular formula is C27H24N2O4. The third-order valence-electron chi connectivity index (χ3n) is 5.67. The second kappa shape index (κ2) is 9.61. The highest BCUT2D eigenvalue weighted by atomic mass is 16.7. The number of carbonyl (C=O) groups excluding carboxylic acids is 1. The van der Waals surface area contributed by atoms with Gasteiger partial charge in [-0.25, -0.2) is 4.79 Å². The van der Waals surface area contributed by atoms with E-state index in [-0.39, 0.29) is 12.7 Å². The van der Waals surface area contributed by atoms with Gasteiger partial charge in [0.1, 0.15) is 12.6 Å². The van der Waals surface area contributed by atoms with E-state index in [1.165, 1.54) is 0 Å². The van der Waals surface area contributed by atoms with Crippen molar-refractivity contribution in [1.82, 2.24) is 4.90 Å². The lowest BCUT2D eigenvalue weighted by Crippen LogP contribution is -2.49. The normalized spacial score (nSPS) is 21.3. The van der Waals surface area contributed by atoms with Gasteiger partial charge in [-0.3, -0.25) is 4.90 Å². The minimum absolute atomic E-state index is 0.191. The summed E-state index contributed by atoms with van der Waals surface area (Å²) >= 11 is 0. The molecular weight excluding hydrogens is 416 g/mol. The number of carbonyl (C=O) groups is 1. The van der Waals surface area contributed by atoms with Crippen molar-refractivity contribution in [2.24, 2.45) is 5.16 Å². The van der Waals surface area contributed by atoms with Crippen LogP contribution in [0.15, 0.2) is 108 Å². The van der Waals surface area contributed by atoms with Crippen molar-refractivity contribution in [3.63, 3.8) is 0 Å². The SMILES string of the molecule is O=C(OCc1ccccc1)N1C=C[C@@H]2OC(Cc3ccccc3)=NO[C@@H]2C1c1ccccc1. The molecule has 1 amide bonds. The molecule has 33 heavy (non-hydrogen) atoms. The summed E-state index contributed by atoms with van der Waals surface area (Å²) in [6.07, 6.45) is 2.77. The number of rotatable bonds is 5. The number of ether oxygens (including phenoxy) is 2. The van der Waals surface area contributed by atoms with Gasteiger partial charge < -0.3 is 14.3 Å². The molecule has 6 heteroatoms. The standard InChI is InChI=1S/C27H24N2O4/c30-27(31-19-21-12-6-2-7-13-21)29-17-16-23-26(25(29)22-14-8-3-9-15-22)33-28-24(32-23)18-20-10-4-1-5-11-20/h1-17,23,25-26H,18-19H2/t23-,25?,26-/m0/s1. The van der Waals surface area contributed by atoms with Crippen molar-refractivity contribution in [1.29, 1.82) is 0 Å². The maximum Gasteiger partial charge on any atom is 0.414 e. The fourth-order valence-electron chi connectivity index (χ4n) is 4.05.